The van der Waals surface area contributed by atoms with E-state index in [4.69, 9.17) is 8.83 Å². The molecule has 2 nitrogen and oxygen atoms in total. The molecule has 0 atom stereocenters. The Morgan fingerprint density at radius 2 is 0.600 bits per heavy atom. The van der Waals surface area contributed by atoms with E-state index in [9.17, 15) is 0 Å². The molecule has 0 saturated carbocycles. The normalized spacial score (nSPS) is 12.0. The van der Waals surface area contributed by atoms with Crippen molar-refractivity contribution >= 4 is 87.0 Å². The molecule has 60 heavy (non-hydrogen) atoms. The highest BCUT2D eigenvalue weighted by atomic mass is 16.3. The highest BCUT2D eigenvalue weighted by Crippen LogP contribution is 2.49. The molecule has 278 valence electrons. The van der Waals surface area contributed by atoms with Gasteiger partial charge in [-0.3, -0.25) is 0 Å². The van der Waals surface area contributed by atoms with Gasteiger partial charge in [-0.2, -0.15) is 0 Å². The second kappa shape index (κ2) is 12.8. The van der Waals surface area contributed by atoms with Crippen LogP contribution in [0.4, 0.5) is 0 Å². The molecule has 0 aliphatic rings. The van der Waals surface area contributed by atoms with E-state index >= 15 is 0 Å². The Morgan fingerprint density at radius 1 is 0.217 bits per heavy atom. The molecule has 2 heteroatoms. The van der Waals surface area contributed by atoms with Crippen molar-refractivity contribution in [2.75, 3.05) is 0 Å². The van der Waals surface area contributed by atoms with Gasteiger partial charge in [0.2, 0.25) is 0 Å². The largest absolute Gasteiger partial charge is 0.456 e. The standard InChI is InChI=1S/C58H34O2/c1-2-15-35(16-3-1)54-39-18-4-6-20-41(39)56(42-21-7-5-19-40(42)54)37-30-32-52-49(34-37)58-47(26-14-28-53(58)60-52)57-45-24-10-8-22-43(45)55(44-23-9-11-25-46(44)57)36-29-31-51-48(33-36)38-17-12-13-27-50(38)59-51/h1-34H. The van der Waals surface area contributed by atoms with Crippen LogP contribution in [0, 0.1) is 0 Å². The van der Waals surface area contributed by atoms with Crippen molar-refractivity contribution < 1.29 is 8.83 Å². The smallest absolute Gasteiger partial charge is 0.136 e. The molecule has 0 bridgehead atoms. The minimum Gasteiger partial charge on any atom is -0.456 e. The van der Waals surface area contributed by atoms with Crippen LogP contribution in [-0.2, 0) is 0 Å². The summed E-state index contributed by atoms with van der Waals surface area (Å²) in [4.78, 5) is 0. The number of rotatable bonds is 4. The van der Waals surface area contributed by atoms with Crippen LogP contribution in [0.25, 0.3) is 131 Å². The number of benzene rings is 11. The zero-order valence-electron chi connectivity index (χ0n) is 32.4. The molecule has 0 fully saturated rings. The van der Waals surface area contributed by atoms with Crippen LogP contribution in [0.15, 0.2) is 215 Å². The van der Waals surface area contributed by atoms with Crippen molar-refractivity contribution in [2.24, 2.45) is 0 Å². The molecule has 0 saturated heterocycles. The average molecular weight is 763 g/mol. The lowest BCUT2D eigenvalue weighted by molar-refractivity contribution is 0.668. The summed E-state index contributed by atoms with van der Waals surface area (Å²) in [6, 6.07) is 74.5. The summed E-state index contributed by atoms with van der Waals surface area (Å²) in [6.45, 7) is 0. The maximum Gasteiger partial charge on any atom is 0.136 e. The van der Waals surface area contributed by atoms with Crippen LogP contribution in [0.2, 0.25) is 0 Å². The summed E-state index contributed by atoms with van der Waals surface area (Å²) >= 11 is 0. The zero-order chi connectivity index (χ0) is 39.3. The highest BCUT2D eigenvalue weighted by Gasteiger charge is 2.22. The number of hydrogen-bond donors (Lipinski definition) is 0. The van der Waals surface area contributed by atoms with Crippen LogP contribution in [0.1, 0.15) is 0 Å². The lowest BCUT2D eigenvalue weighted by Gasteiger charge is -2.18. The Morgan fingerprint density at radius 3 is 1.15 bits per heavy atom. The molecule has 0 aliphatic heterocycles. The fourth-order valence-corrected chi connectivity index (χ4v) is 10.2. The van der Waals surface area contributed by atoms with Gasteiger partial charge in [0, 0.05) is 21.5 Å². The van der Waals surface area contributed by atoms with Crippen molar-refractivity contribution in [1.29, 1.82) is 0 Å². The summed E-state index contributed by atoms with van der Waals surface area (Å²) in [5, 5.41) is 14.3. The minimum atomic E-state index is 0.876. The lowest BCUT2D eigenvalue weighted by Crippen LogP contribution is -1.91. The summed E-state index contributed by atoms with van der Waals surface area (Å²) in [7, 11) is 0. The first-order valence-electron chi connectivity index (χ1n) is 20.6. The van der Waals surface area contributed by atoms with Gasteiger partial charge in [0.1, 0.15) is 22.3 Å². The Labute approximate surface area is 345 Å². The summed E-state index contributed by atoms with van der Waals surface area (Å²) in [5.74, 6) is 0. The Bertz CT molecular complexity index is 3770. The first-order chi connectivity index (χ1) is 29.8. The number of furan rings is 2. The maximum absolute atomic E-state index is 6.73. The second-order valence-corrected chi connectivity index (χ2v) is 15.8. The summed E-state index contributed by atoms with van der Waals surface area (Å²) < 4.78 is 13.0. The van der Waals surface area contributed by atoms with E-state index in [-0.39, 0.29) is 0 Å². The van der Waals surface area contributed by atoms with Gasteiger partial charge in [-0.25, -0.2) is 0 Å². The third-order valence-electron chi connectivity index (χ3n) is 12.6. The molecule has 2 aromatic heterocycles. The van der Waals surface area contributed by atoms with Gasteiger partial charge in [0.15, 0.2) is 0 Å². The molecule has 11 aromatic carbocycles. The third kappa shape index (κ3) is 4.76. The molecule has 0 amide bonds. The van der Waals surface area contributed by atoms with Gasteiger partial charge in [-0.05, 0) is 124 Å². The Hall–Kier alpha value is -7.94. The summed E-state index contributed by atoms with van der Waals surface area (Å²) in [5.41, 5.74) is 13.2. The summed E-state index contributed by atoms with van der Waals surface area (Å²) in [6.07, 6.45) is 0. The van der Waals surface area contributed by atoms with E-state index < -0.39 is 0 Å². The molecule has 0 spiro atoms. The lowest BCUT2D eigenvalue weighted by atomic mass is 9.84. The van der Waals surface area contributed by atoms with Gasteiger partial charge < -0.3 is 8.83 Å². The van der Waals surface area contributed by atoms with Crippen LogP contribution >= 0.6 is 0 Å². The molecule has 0 aliphatic carbocycles. The van der Waals surface area contributed by atoms with Crippen LogP contribution in [-0.4, -0.2) is 0 Å². The SMILES string of the molecule is c1ccc(-c2c3ccccc3c(-c3ccc4oc5cccc(-c6c7ccccc7c(-c7ccc8oc9ccccc9c8c7)c7ccccc67)c5c4c3)c3ccccc23)cc1. The molecule has 2 heterocycles. The molecule has 0 N–H and O–H groups in total. The van der Waals surface area contributed by atoms with Crippen molar-refractivity contribution in [3.63, 3.8) is 0 Å². The van der Waals surface area contributed by atoms with Crippen LogP contribution in [0.5, 0.6) is 0 Å². The molecule has 13 rings (SSSR count). The van der Waals surface area contributed by atoms with Gasteiger partial charge in [0.05, 0.1) is 0 Å². The first kappa shape index (κ1) is 33.1. The quantitative estimate of drug-likeness (QED) is 0.167. The van der Waals surface area contributed by atoms with E-state index in [1.54, 1.807) is 0 Å². The third-order valence-corrected chi connectivity index (χ3v) is 12.6. The van der Waals surface area contributed by atoms with Crippen molar-refractivity contribution in [3.8, 4) is 44.5 Å². The molecular formula is C58H34O2. The Kier molecular flexibility index (Phi) is 7.05. The van der Waals surface area contributed by atoms with E-state index in [1.165, 1.54) is 82.0 Å². The number of para-hydroxylation sites is 1. The monoisotopic (exact) mass is 762 g/mol. The first-order valence-corrected chi connectivity index (χ1v) is 20.6. The van der Waals surface area contributed by atoms with Crippen molar-refractivity contribution in [2.45, 2.75) is 0 Å². The molecule has 13 aromatic rings. The maximum atomic E-state index is 6.73. The van der Waals surface area contributed by atoms with Gasteiger partial charge in [-0.1, -0.05) is 170 Å². The van der Waals surface area contributed by atoms with E-state index in [0.717, 1.165) is 49.4 Å². The number of hydrogen-bond acceptors (Lipinski definition) is 2. The van der Waals surface area contributed by atoms with Crippen molar-refractivity contribution in [3.05, 3.63) is 206 Å². The zero-order valence-corrected chi connectivity index (χ0v) is 32.4. The van der Waals surface area contributed by atoms with E-state index in [1.807, 2.05) is 12.1 Å². The van der Waals surface area contributed by atoms with Crippen LogP contribution in [0.3, 0.4) is 0 Å². The number of fused-ring (bicyclic) bond motifs is 10. The van der Waals surface area contributed by atoms with Crippen LogP contribution < -0.4 is 0 Å². The second-order valence-electron chi connectivity index (χ2n) is 15.8. The minimum absolute atomic E-state index is 0.876. The highest BCUT2D eigenvalue weighted by molar-refractivity contribution is 6.27. The van der Waals surface area contributed by atoms with Gasteiger partial charge >= 0.3 is 0 Å². The van der Waals surface area contributed by atoms with Crippen molar-refractivity contribution in [1.82, 2.24) is 0 Å². The van der Waals surface area contributed by atoms with E-state index in [0.29, 0.717) is 0 Å². The predicted octanol–water partition coefficient (Wildman–Crippen LogP) is 16.8. The molecule has 0 unspecified atom stereocenters. The average Bonchev–Trinajstić information content (AvgIpc) is 3.88. The van der Waals surface area contributed by atoms with Gasteiger partial charge in [0.25, 0.3) is 0 Å². The fraction of sp³-hybridized carbons (Fsp3) is 0. The molecular weight excluding hydrogens is 729 g/mol. The predicted molar refractivity (Wildman–Crippen MR) is 253 cm³/mol. The Balaban J connectivity index is 1.08. The topological polar surface area (TPSA) is 26.3 Å². The van der Waals surface area contributed by atoms with E-state index in [2.05, 4.69) is 194 Å². The molecule has 0 radical (unpaired) electrons. The fourth-order valence-electron chi connectivity index (χ4n) is 10.2. The van der Waals surface area contributed by atoms with Gasteiger partial charge in [-0.15, -0.1) is 0 Å².